The lowest BCUT2D eigenvalue weighted by molar-refractivity contribution is -0.143. The number of benzene rings is 1. The molecule has 1 aliphatic rings. The lowest BCUT2D eigenvalue weighted by Gasteiger charge is -2.26. The lowest BCUT2D eigenvalue weighted by atomic mass is 9.87. The average Bonchev–Trinajstić information content (AvgIpc) is 2.55. The van der Waals surface area contributed by atoms with Crippen LogP contribution in [0.1, 0.15) is 69.0 Å². The molecule has 1 aromatic carbocycles. The third-order valence-electron chi connectivity index (χ3n) is 4.25. The van der Waals surface area contributed by atoms with Crippen molar-refractivity contribution in [1.82, 2.24) is 5.32 Å². The Morgan fingerprint density at radius 3 is 2.87 bits per heavy atom. The smallest absolute Gasteiger partial charge is 0.305 e. The van der Waals surface area contributed by atoms with Gasteiger partial charge in [-0.2, -0.15) is 0 Å². The molecule has 0 heterocycles. The zero-order valence-corrected chi connectivity index (χ0v) is 14.0. The molecule has 0 fully saturated rings. The van der Waals surface area contributed by atoms with Gasteiger partial charge in [-0.05, 0) is 43.2 Å². The molecule has 1 N–H and O–H groups in total. The Kier molecular flexibility index (Phi) is 7.11. The lowest BCUT2D eigenvalue weighted by Crippen LogP contribution is -2.30. The molecule has 4 heteroatoms. The van der Waals surface area contributed by atoms with Crippen LogP contribution < -0.4 is 5.32 Å². The maximum Gasteiger partial charge on any atom is 0.305 e. The number of nitrogens with one attached hydrogen (secondary N) is 1. The van der Waals surface area contributed by atoms with E-state index in [1.54, 1.807) is 0 Å². The molecule has 1 aromatic rings. The third kappa shape index (κ3) is 5.70. The second kappa shape index (κ2) is 9.33. The standard InChI is InChI=1S/C19H27NO3/c1-2-3-14-23-19(22)13-7-12-18(21)20-17-11-6-9-15-8-4-5-10-16(15)17/h4-5,8,10,17H,2-3,6-7,9,11-14H2,1H3,(H,20,21). The Balaban J connectivity index is 1.71. The quantitative estimate of drug-likeness (QED) is 0.587. The molecule has 0 aromatic heterocycles. The van der Waals surface area contributed by atoms with Gasteiger partial charge in [-0.15, -0.1) is 0 Å². The summed E-state index contributed by atoms with van der Waals surface area (Å²) in [6, 6.07) is 8.43. The monoisotopic (exact) mass is 317 g/mol. The van der Waals surface area contributed by atoms with Crippen molar-refractivity contribution in [1.29, 1.82) is 0 Å². The second-order valence-corrected chi connectivity index (χ2v) is 6.14. The summed E-state index contributed by atoms with van der Waals surface area (Å²) in [6.45, 7) is 2.54. The van der Waals surface area contributed by atoms with Crippen molar-refractivity contribution in [3.05, 3.63) is 35.4 Å². The van der Waals surface area contributed by atoms with Gasteiger partial charge in [-0.1, -0.05) is 37.6 Å². The van der Waals surface area contributed by atoms with Gasteiger partial charge in [0.15, 0.2) is 0 Å². The van der Waals surface area contributed by atoms with Gasteiger partial charge in [0.05, 0.1) is 12.6 Å². The minimum atomic E-state index is -0.200. The predicted molar refractivity (Wildman–Crippen MR) is 90.0 cm³/mol. The number of hydrogen-bond donors (Lipinski definition) is 1. The van der Waals surface area contributed by atoms with Crippen LogP contribution in [0.5, 0.6) is 0 Å². The minimum absolute atomic E-state index is 0.0214. The zero-order valence-electron chi connectivity index (χ0n) is 14.0. The van der Waals surface area contributed by atoms with Crippen LogP contribution in [0.25, 0.3) is 0 Å². The topological polar surface area (TPSA) is 55.4 Å². The van der Waals surface area contributed by atoms with Gasteiger partial charge in [0, 0.05) is 12.8 Å². The highest BCUT2D eigenvalue weighted by Gasteiger charge is 2.21. The van der Waals surface area contributed by atoms with Crippen molar-refractivity contribution in [3.63, 3.8) is 0 Å². The number of unbranched alkanes of at least 4 members (excludes halogenated alkanes) is 1. The first-order valence-corrected chi connectivity index (χ1v) is 8.73. The predicted octanol–water partition coefficient (Wildman–Crippen LogP) is 3.69. The van der Waals surface area contributed by atoms with E-state index in [0.717, 1.165) is 32.1 Å². The third-order valence-corrected chi connectivity index (χ3v) is 4.25. The number of ether oxygens (including phenoxy) is 1. The zero-order chi connectivity index (χ0) is 16.5. The normalized spacial score (nSPS) is 16.5. The first kappa shape index (κ1) is 17.5. The summed E-state index contributed by atoms with van der Waals surface area (Å²) in [5.41, 5.74) is 2.58. The van der Waals surface area contributed by atoms with E-state index in [9.17, 15) is 9.59 Å². The minimum Gasteiger partial charge on any atom is -0.466 e. The van der Waals surface area contributed by atoms with Crippen LogP contribution in [0.4, 0.5) is 0 Å². The molecule has 0 bridgehead atoms. The van der Waals surface area contributed by atoms with Crippen molar-refractivity contribution >= 4 is 11.9 Å². The van der Waals surface area contributed by atoms with E-state index >= 15 is 0 Å². The van der Waals surface area contributed by atoms with E-state index in [-0.39, 0.29) is 17.9 Å². The average molecular weight is 317 g/mol. The molecule has 2 rings (SSSR count). The summed E-state index contributed by atoms with van der Waals surface area (Å²) >= 11 is 0. The van der Waals surface area contributed by atoms with Gasteiger partial charge in [0.25, 0.3) is 0 Å². The largest absolute Gasteiger partial charge is 0.466 e. The molecule has 1 amide bonds. The molecule has 4 nitrogen and oxygen atoms in total. The highest BCUT2D eigenvalue weighted by Crippen LogP contribution is 2.29. The Morgan fingerprint density at radius 2 is 2.04 bits per heavy atom. The molecule has 0 spiro atoms. The molecule has 1 unspecified atom stereocenters. The number of fused-ring (bicyclic) bond motifs is 1. The summed E-state index contributed by atoms with van der Waals surface area (Å²) < 4.78 is 5.09. The molecule has 0 aliphatic heterocycles. The number of rotatable bonds is 8. The summed E-state index contributed by atoms with van der Waals surface area (Å²) in [6.07, 6.45) is 6.33. The van der Waals surface area contributed by atoms with Crippen molar-refractivity contribution < 1.29 is 14.3 Å². The van der Waals surface area contributed by atoms with Crippen LogP contribution in [0, 0.1) is 0 Å². The fourth-order valence-corrected chi connectivity index (χ4v) is 2.97. The van der Waals surface area contributed by atoms with Crippen LogP contribution in [-0.4, -0.2) is 18.5 Å². The molecule has 23 heavy (non-hydrogen) atoms. The van der Waals surface area contributed by atoms with Gasteiger partial charge in [0.1, 0.15) is 0 Å². The van der Waals surface area contributed by atoms with Crippen molar-refractivity contribution in [2.24, 2.45) is 0 Å². The first-order valence-electron chi connectivity index (χ1n) is 8.73. The Morgan fingerprint density at radius 1 is 1.22 bits per heavy atom. The number of carbonyl (C=O) groups excluding carboxylic acids is 2. The highest BCUT2D eigenvalue weighted by atomic mass is 16.5. The van der Waals surface area contributed by atoms with Crippen molar-refractivity contribution in [3.8, 4) is 0 Å². The number of amides is 1. The van der Waals surface area contributed by atoms with Crippen molar-refractivity contribution in [2.45, 2.75) is 64.3 Å². The van der Waals surface area contributed by atoms with E-state index in [1.165, 1.54) is 11.1 Å². The number of hydrogen-bond acceptors (Lipinski definition) is 3. The Hall–Kier alpha value is -1.84. The summed E-state index contributed by atoms with van der Waals surface area (Å²) in [5, 5.41) is 3.11. The van der Waals surface area contributed by atoms with E-state index in [4.69, 9.17) is 4.74 Å². The van der Waals surface area contributed by atoms with Gasteiger partial charge in [-0.25, -0.2) is 0 Å². The molecular weight excluding hydrogens is 290 g/mol. The highest BCUT2D eigenvalue weighted by molar-refractivity contribution is 5.77. The van der Waals surface area contributed by atoms with Crippen LogP contribution in [-0.2, 0) is 20.7 Å². The molecule has 0 saturated carbocycles. The fourth-order valence-electron chi connectivity index (χ4n) is 2.97. The maximum atomic E-state index is 12.1. The number of esters is 1. The number of carbonyl (C=O) groups is 2. The molecule has 0 radical (unpaired) electrons. The van der Waals surface area contributed by atoms with E-state index in [1.807, 2.05) is 12.1 Å². The number of aryl methyl sites for hydroxylation is 1. The summed E-state index contributed by atoms with van der Waals surface area (Å²) in [5.74, 6) is -0.178. The van der Waals surface area contributed by atoms with Crippen LogP contribution >= 0.6 is 0 Å². The Labute approximate surface area is 138 Å². The molecule has 1 aliphatic carbocycles. The first-order chi connectivity index (χ1) is 11.2. The summed E-state index contributed by atoms with van der Waals surface area (Å²) in [4.78, 5) is 23.6. The van der Waals surface area contributed by atoms with Crippen LogP contribution in [0.2, 0.25) is 0 Å². The van der Waals surface area contributed by atoms with Crippen LogP contribution in [0.3, 0.4) is 0 Å². The SMILES string of the molecule is CCCCOC(=O)CCCC(=O)NC1CCCc2ccccc21. The second-order valence-electron chi connectivity index (χ2n) is 6.14. The fraction of sp³-hybridized carbons (Fsp3) is 0.579. The van der Waals surface area contributed by atoms with Gasteiger partial charge >= 0.3 is 5.97 Å². The van der Waals surface area contributed by atoms with Gasteiger partial charge < -0.3 is 10.1 Å². The maximum absolute atomic E-state index is 12.1. The molecular formula is C19H27NO3. The molecule has 1 atom stereocenters. The van der Waals surface area contributed by atoms with E-state index < -0.39 is 0 Å². The van der Waals surface area contributed by atoms with E-state index in [2.05, 4.69) is 24.4 Å². The van der Waals surface area contributed by atoms with Gasteiger partial charge in [0.2, 0.25) is 5.91 Å². The summed E-state index contributed by atoms with van der Waals surface area (Å²) in [7, 11) is 0. The Bertz CT molecular complexity index is 527. The van der Waals surface area contributed by atoms with Crippen LogP contribution in [0.15, 0.2) is 24.3 Å². The molecule has 126 valence electrons. The van der Waals surface area contributed by atoms with E-state index in [0.29, 0.717) is 25.9 Å². The molecule has 0 saturated heterocycles. The van der Waals surface area contributed by atoms with Crippen molar-refractivity contribution in [2.75, 3.05) is 6.61 Å². The van der Waals surface area contributed by atoms with Gasteiger partial charge in [-0.3, -0.25) is 9.59 Å².